The summed E-state index contributed by atoms with van der Waals surface area (Å²) >= 11 is 0. The third-order valence-corrected chi connectivity index (χ3v) is 2.40. The number of nitrogens with one attached hydrogen (secondary N) is 1. The number of aromatic nitrogens is 2. The summed E-state index contributed by atoms with van der Waals surface area (Å²) < 4.78 is 0. The van der Waals surface area contributed by atoms with Gasteiger partial charge in [-0.25, -0.2) is 0 Å². The molecule has 0 saturated heterocycles. The number of carbonyl (C=O) groups is 1. The molecule has 4 nitrogen and oxygen atoms in total. The average molecular weight is 165 g/mol. The van der Waals surface area contributed by atoms with Gasteiger partial charge in [0.2, 0.25) is 0 Å². The summed E-state index contributed by atoms with van der Waals surface area (Å²) in [5, 5.41) is 6.66. The summed E-state index contributed by atoms with van der Waals surface area (Å²) in [6.07, 6.45) is 3.66. The Bertz CT molecular complexity index is 301. The minimum Gasteiger partial charge on any atom is -0.364 e. The molecular weight excluding hydrogens is 154 g/mol. The van der Waals surface area contributed by atoms with Crippen LogP contribution in [0.5, 0.6) is 0 Å². The van der Waals surface area contributed by atoms with Crippen LogP contribution in [0.4, 0.5) is 0 Å². The van der Waals surface area contributed by atoms with Gasteiger partial charge in [0.25, 0.3) is 5.91 Å². The fourth-order valence-electron chi connectivity index (χ4n) is 1.39. The van der Waals surface area contributed by atoms with Crippen molar-refractivity contribution in [1.29, 1.82) is 0 Å². The molecule has 1 heterocycles. The molecule has 0 bridgehead atoms. The molecule has 3 N–H and O–H groups in total. The number of H-pyrrole nitrogens is 1. The van der Waals surface area contributed by atoms with Crippen LogP contribution in [0.2, 0.25) is 0 Å². The van der Waals surface area contributed by atoms with Crippen LogP contribution in [0.25, 0.3) is 0 Å². The van der Waals surface area contributed by atoms with E-state index in [-0.39, 0.29) is 0 Å². The summed E-state index contributed by atoms with van der Waals surface area (Å²) in [6.45, 7) is 0. The summed E-state index contributed by atoms with van der Waals surface area (Å²) in [5.74, 6) is 0.113. The van der Waals surface area contributed by atoms with E-state index in [0.29, 0.717) is 11.6 Å². The second-order valence-electron chi connectivity index (χ2n) is 3.20. The zero-order valence-electron chi connectivity index (χ0n) is 6.71. The van der Waals surface area contributed by atoms with Crippen molar-refractivity contribution in [2.75, 3.05) is 0 Å². The Kier molecular flexibility index (Phi) is 1.60. The van der Waals surface area contributed by atoms with Gasteiger partial charge in [-0.1, -0.05) is 6.42 Å². The molecule has 4 heteroatoms. The van der Waals surface area contributed by atoms with Crippen LogP contribution in [0, 0.1) is 0 Å². The van der Waals surface area contributed by atoms with Crippen molar-refractivity contribution >= 4 is 5.91 Å². The van der Waals surface area contributed by atoms with Gasteiger partial charge in [0.1, 0.15) is 5.69 Å². The third-order valence-electron chi connectivity index (χ3n) is 2.40. The molecule has 2 rings (SSSR count). The van der Waals surface area contributed by atoms with Crippen molar-refractivity contribution in [1.82, 2.24) is 10.2 Å². The number of primary amides is 1. The SMILES string of the molecule is NC(=O)c1cc(C2CCC2)[nH]n1. The molecule has 1 fully saturated rings. The second-order valence-corrected chi connectivity index (χ2v) is 3.20. The van der Waals surface area contributed by atoms with Gasteiger partial charge in [-0.2, -0.15) is 5.10 Å². The molecule has 1 aromatic rings. The zero-order valence-corrected chi connectivity index (χ0v) is 6.71. The highest BCUT2D eigenvalue weighted by atomic mass is 16.1. The van der Waals surface area contributed by atoms with Crippen LogP contribution in [0.3, 0.4) is 0 Å². The fraction of sp³-hybridized carbons (Fsp3) is 0.500. The summed E-state index contributed by atoms with van der Waals surface area (Å²) in [7, 11) is 0. The highest BCUT2D eigenvalue weighted by Crippen LogP contribution is 2.35. The first-order valence-electron chi connectivity index (χ1n) is 4.12. The molecule has 0 radical (unpaired) electrons. The summed E-state index contributed by atoms with van der Waals surface area (Å²) in [6, 6.07) is 1.76. The Morgan fingerprint density at radius 2 is 2.42 bits per heavy atom. The minimum atomic E-state index is -0.461. The average Bonchev–Trinajstić information content (AvgIpc) is 2.32. The maximum Gasteiger partial charge on any atom is 0.269 e. The molecule has 1 aliphatic carbocycles. The van der Waals surface area contributed by atoms with Crippen molar-refractivity contribution in [3.05, 3.63) is 17.5 Å². The predicted octanol–water partition coefficient (Wildman–Crippen LogP) is 0.776. The quantitative estimate of drug-likeness (QED) is 0.679. The van der Waals surface area contributed by atoms with E-state index in [0.717, 1.165) is 5.69 Å². The minimum absolute atomic E-state index is 0.344. The second kappa shape index (κ2) is 2.62. The molecule has 1 aromatic heterocycles. The van der Waals surface area contributed by atoms with Crippen molar-refractivity contribution in [2.24, 2.45) is 5.73 Å². The van der Waals surface area contributed by atoms with Crippen molar-refractivity contribution < 1.29 is 4.79 Å². The van der Waals surface area contributed by atoms with Crippen LogP contribution in [0.1, 0.15) is 41.4 Å². The normalized spacial score (nSPS) is 17.3. The Morgan fingerprint density at radius 3 is 2.83 bits per heavy atom. The fourth-order valence-corrected chi connectivity index (χ4v) is 1.39. The smallest absolute Gasteiger partial charge is 0.269 e. The van der Waals surface area contributed by atoms with Gasteiger partial charge >= 0.3 is 0 Å². The van der Waals surface area contributed by atoms with Crippen molar-refractivity contribution in [3.8, 4) is 0 Å². The van der Waals surface area contributed by atoms with Crippen LogP contribution >= 0.6 is 0 Å². The number of nitrogens with zero attached hydrogens (tertiary/aromatic N) is 1. The van der Waals surface area contributed by atoms with E-state index in [2.05, 4.69) is 10.2 Å². The van der Waals surface area contributed by atoms with Gasteiger partial charge in [-0.15, -0.1) is 0 Å². The van der Waals surface area contributed by atoms with E-state index in [4.69, 9.17) is 5.73 Å². The molecule has 1 saturated carbocycles. The topological polar surface area (TPSA) is 71.8 Å². The van der Waals surface area contributed by atoms with Crippen molar-refractivity contribution in [3.63, 3.8) is 0 Å². The van der Waals surface area contributed by atoms with Gasteiger partial charge in [0.05, 0.1) is 0 Å². The summed E-state index contributed by atoms with van der Waals surface area (Å²) in [5.41, 5.74) is 6.46. The van der Waals surface area contributed by atoms with E-state index in [1.807, 2.05) is 0 Å². The molecular formula is C8H11N3O. The highest BCUT2D eigenvalue weighted by molar-refractivity contribution is 5.90. The van der Waals surface area contributed by atoms with Gasteiger partial charge < -0.3 is 5.73 Å². The molecule has 0 unspecified atom stereocenters. The maximum atomic E-state index is 10.7. The molecule has 1 amide bonds. The van der Waals surface area contributed by atoms with Gasteiger partial charge in [0, 0.05) is 11.6 Å². The highest BCUT2D eigenvalue weighted by Gasteiger charge is 2.22. The number of amides is 1. The van der Waals surface area contributed by atoms with Gasteiger partial charge in [0.15, 0.2) is 0 Å². The Labute approximate surface area is 70.1 Å². The first-order valence-corrected chi connectivity index (χ1v) is 4.12. The third kappa shape index (κ3) is 1.09. The van der Waals surface area contributed by atoms with E-state index in [1.54, 1.807) is 6.07 Å². The Hall–Kier alpha value is -1.32. The van der Waals surface area contributed by atoms with Gasteiger partial charge in [-0.3, -0.25) is 9.89 Å². The van der Waals surface area contributed by atoms with Crippen LogP contribution in [0.15, 0.2) is 6.07 Å². The Morgan fingerprint density at radius 1 is 1.67 bits per heavy atom. The van der Waals surface area contributed by atoms with Crippen LogP contribution in [-0.4, -0.2) is 16.1 Å². The summed E-state index contributed by atoms with van der Waals surface area (Å²) in [4.78, 5) is 10.7. The molecule has 0 aromatic carbocycles. The van der Waals surface area contributed by atoms with E-state index >= 15 is 0 Å². The zero-order chi connectivity index (χ0) is 8.55. The predicted molar refractivity (Wildman–Crippen MR) is 43.7 cm³/mol. The lowest BCUT2D eigenvalue weighted by atomic mass is 9.83. The van der Waals surface area contributed by atoms with Crippen LogP contribution < -0.4 is 5.73 Å². The standard InChI is InChI=1S/C8H11N3O/c9-8(12)7-4-6(10-11-7)5-2-1-3-5/h4-5H,1-3H2,(H2,9,12)(H,10,11). The number of hydrogen-bond acceptors (Lipinski definition) is 2. The lowest BCUT2D eigenvalue weighted by Gasteiger charge is -2.23. The first-order chi connectivity index (χ1) is 5.77. The molecule has 0 aliphatic heterocycles. The molecule has 12 heavy (non-hydrogen) atoms. The van der Waals surface area contributed by atoms with Gasteiger partial charge in [-0.05, 0) is 18.9 Å². The maximum absolute atomic E-state index is 10.7. The molecule has 0 atom stereocenters. The first kappa shape index (κ1) is 7.34. The van der Waals surface area contributed by atoms with Crippen LogP contribution in [-0.2, 0) is 0 Å². The largest absolute Gasteiger partial charge is 0.364 e. The van der Waals surface area contributed by atoms with E-state index in [9.17, 15) is 4.79 Å². The number of rotatable bonds is 2. The molecule has 0 spiro atoms. The Balaban J connectivity index is 2.17. The number of hydrogen-bond donors (Lipinski definition) is 2. The lowest BCUT2D eigenvalue weighted by molar-refractivity contribution is 0.0995. The lowest BCUT2D eigenvalue weighted by Crippen LogP contribution is -2.11. The number of carbonyl (C=O) groups excluding carboxylic acids is 1. The molecule has 1 aliphatic rings. The van der Waals surface area contributed by atoms with E-state index in [1.165, 1.54) is 19.3 Å². The number of nitrogens with two attached hydrogens (primary N) is 1. The van der Waals surface area contributed by atoms with Crippen molar-refractivity contribution in [2.45, 2.75) is 25.2 Å². The number of aromatic amines is 1. The monoisotopic (exact) mass is 165 g/mol. The van der Waals surface area contributed by atoms with E-state index < -0.39 is 5.91 Å². The molecule has 64 valence electrons.